The number of aliphatic hydroxyl groups is 1. The fraction of sp³-hybridized carbons (Fsp3) is 0.875. The summed E-state index contributed by atoms with van der Waals surface area (Å²) in [6.07, 6.45) is 3.75. The standard InChI is InChI=1S/C24H39F2N5O3/c1-17(24(33,14-31-16-27-15-28-31)22-8-3-19(25)13-23(22)26)34-21-6-4-20(5-7-21)30-11-9-29(10-12-30)18(2)32/h15-17,19-23,33H,3-14H2,1-2H3. The number of aromatic nitrogens is 3. The molecule has 8 nitrogen and oxygen atoms in total. The van der Waals surface area contributed by atoms with Crippen molar-refractivity contribution in [3.63, 3.8) is 0 Å². The Morgan fingerprint density at radius 3 is 2.44 bits per heavy atom. The van der Waals surface area contributed by atoms with Crippen molar-refractivity contribution >= 4 is 5.91 Å². The lowest BCUT2D eigenvalue weighted by Gasteiger charge is -2.46. The highest BCUT2D eigenvalue weighted by atomic mass is 19.1. The number of carbonyl (C=O) groups is 1. The van der Waals surface area contributed by atoms with Crippen LogP contribution in [0.25, 0.3) is 0 Å². The molecule has 2 heterocycles. The van der Waals surface area contributed by atoms with Crippen LogP contribution in [0, 0.1) is 5.92 Å². The molecule has 5 unspecified atom stereocenters. The quantitative estimate of drug-likeness (QED) is 0.641. The molecule has 3 fully saturated rings. The maximum absolute atomic E-state index is 15.0. The number of ether oxygens (including phenoxy) is 1. The summed E-state index contributed by atoms with van der Waals surface area (Å²) in [5.74, 6) is -0.577. The number of hydrogen-bond donors (Lipinski definition) is 1. The molecule has 0 aromatic carbocycles. The first-order valence-corrected chi connectivity index (χ1v) is 12.7. The monoisotopic (exact) mass is 483 g/mol. The normalized spacial score (nSPS) is 33.9. The van der Waals surface area contributed by atoms with E-state index in [2.05, 4.69) is 15.0 Å². The second-order valence-electron chi connectivity index (χ2n) is 10.4. The number of halogens is 2. The third-order valence-electron chi connectivity index (χ3n) is 8.25. The lowest BCUT2D eigenvalue weighted by atomic mass is 9.72. The largest absolute Gasteiger partial charge is 0.385 e. The van der Waals surface area contributed by atoms with Crippen molar-refractivity contribution in [2.45, 2.75) is 102 Å². The summed E-state index contributed by atoms with van der Waals surface area (Å²) in [5.41, 5.74) is -1.51. The zero-order chi connectivity index (χ0) is 24.3. The van der Waals surface area contributed by atoms with Crippen molar-refractivity contribution in [3.8, 4) is 0 Å². The van der Waals surface area contributed by atoms with Crippen molar-refractivity contribution in [2.75, 3.05) is 26.2 Å². The average Bonchev–Trinajstić information content (AvgIpc) is 3.32. The van der Waals surface area contributed by atoms with Crippen LogP contribution in [0.4, 0.5) is 8.78 Å². The van der Waals surface area contributed by atoms with E-state index >= 15 is 0 Å². The maximum atomic E-state index is 15.0. The van der Waals surface area contributed by atoms with Crippen LogP contribution in [0.1, 0.15) is 58.8 Å². The molecule has 5 atom stereocenters. The molecule has 1 aromatic rings. The fourth-order valence-electron chi connectivity index (χ4n) is 6.11. The van der Waals surface area contributed by atoms with Crippen LogP contribution >= 0.6 is 0 Å². The van der Waals surface area contributed by atoms with Gasteiger partial charge < -0.3 is 14.7 Å². The molecule has 3 aliphatic rings. The maximum Gasteiger partial charge on any atom is 0.219 e. The van der Waals surface area contributed by atoms with E-state index in [0.717, 1.165) is 51.9 Å². The molecule has 0 spiro atoms. The third-order valence-corrected chi connectivity index (χ3v) is 8.25. The van der Waals surface area contributed by atoms with Gasteiger partial charge in [-0.2, -0.15) is 5.10 Å². The van der Waals surface area contributed by atoms with Crippen molar-refractivity contribution in [1.82, 2.24) is 24.6 Å². The van der Waals surface area contributed by atoms with Gasteiger partial charge in [0.1, 0.15) is 30.6 Å². The lowest BCUT2D eigenvalue weighted by molar-refractivity contribution is -0.187. The number of carbonyl (C=O) groups excluding carboxylic acids is 1. The highest BCUT2D eigenvalue weighted by Crippen LogP contribution is 2.40. The van der Waals surface area contributed by atoms with Crippen LogP contribution in [-0.4, -0.2) is 98.0 Å². The predicted octanol–water partition coefficient (Wildman–Crippen LogP) is 2.37. The molecule has 2 saturated carbocycles. The van der Waals surface area contributed by atoms with Crippen LogP contribution in [-0.2, 0) is 16.1 Å². The molecule has 1 N–H and O–H groups in total. The Bertz CT molecular complexity index is 784. The second-order valence-corrected chi connectivity index (χ2v) is 10.4. The summed E-state index contributed by atoms with van der Waals surface area (Å²) in [6, 6.07) is 0.480. The second kappa shape index (κ2) is 11.0. The van der Waals surface area contributed by atoms with Gasteiger partial charge in [0.25, 0.3) is 0 Å². The van der Waals surface area contributed by atoms with Gasteiger partial charge in [0, 0.05) is 51.5 Å². The van der Waals surface area contributed by atoms with Crippen LogP contribution in [0.2, 0.25) is 0 Å². The zero-order valence-electron chi connectivity index (χ0n) is 20.4. The Morgan fingerprint density at radius 2 is 1.85 bits per heavy atom. The average molecular weight is 484 g/mol. The van der Waals surface area contributed by atoms with Gasteiger partial charge in [-0.25, -0.2) is 18.4 Å². The number of rotatable bonds is 7. The number of nitrogens with zero attached hydrogens (tertiary/aromatic N) is 5. The van der Waals surface area contributed by atoms with E-state index in [1.54, 1.807) is 13.8 Å². The van der Waals surface area contributed by atoms with Crippen LogP contribution in [0.3, 0.4) is 0 Å². The fourth-order valence-corrected chi connectivity index (χ4v) is 6.11. The molecule has 34 heavy (non-hydrogen) atoms. The molecule has 4 rings (SSSR count). The third kappa shape index (κ3) is 5.76. The molecule has 10 heteroatoms. The van der Waals surface area contributed by atoms with Gasteiger partial charge in [-0.3, -0.25) is 9.69 Å². The number of alkyl halides is 2. The van der Waals surface area contributed by atoms with E-state index in [1.807, 2.05) is 4.90 Å². The summed E-state index contributed by atoms with van der Waals surface area (Å²) >= 11 is 0. The summed E-state index contributed by atoms with van der Waals surface area (Å²) in [6.45, 7) is 6.85. The van der Waals surface area contributed by atoms with E-state index in [-0.39, 0.29) is 37.8 Å². The highest BCUT2D eigenvalue weighted by molar-refractivity contribution is 5.73. The molecular formula is C24H39F2N5O3. The van der Waals surface area contributed by atoms with Crippen molar-refractivity contribution in [2.24, 2.45) is 5.92 Å². The van der Waals surface area contributed by atoms with Crippen molar-refractivity contribution in [3.05, 3.63) is 12.7 Å². The van der Waals surface area contributed by atoms with E-state index in [1.165, 1.54) is 17.3 Å². The minimum atomic E-state index is -1.51. The summed E-state index contributed by atoms with van der Waals surface area (Å²) in [7, 11) is 0. The van der Waals surface area contributed by atoms with Crippen LogP contribution in [0.5, 0.6) is 0 Å². The van der Waals surface area contributed by atoms with Crippen molar-refractivity contribution < 1.29 is 23.4 Å². The van der Waals surface area contributed by atoms with Gasteiger partial charge >= 0.3 is 0 Å². The first-order chi connectivity index (χ1) is 16.3. The molecule has 0 bridgehead atoms. The molecule has 1 amide bonds. The Morgan fingerprint density at radius 1 is 1.15 bits per heavy atom. The smallest absolute Gasteiger partial charge is 0.219 e. The van der Waals surface area contributed by atoms with E-state index in [0.29, 0.717) is 6.04 Å². The van der Waals surface area contributed by atoms with Gasteiger partial charge in [-0.05, 0) is 45.4 Å². The summed E-state index contributed by atoms with van der Waals surface area (Å²) < 4.78 is 36.6. The molecule has 1 saturated heterocycles. The Balaban J connectivity index is 1.35. The molecule has 192 valence electrons. The van der Waals surface area contributed by atoms with E-state index < -0.39 is 30.0 Å². The molecule has 2 aliphatic carbocycles. The SMILES string of the molecule is CC(=O)N1CCN(C2CCC(OC(C)C(O)(Cn3cncn3)C3CCC(F)CC3F)CC2)CC1. The number of amides is 1. The molecule has 1 aliphatic heterocycles. The topological polar surface area (TPSA) is 83.7 Å². The number of piperazine rings is 1. The van der Waals surface area contributed by atoms with Crippen molar-refractivity contribution in [1.29, 1.82) is 0 Å². The number of hydrogen-bond acceptors (Lipinski definition) is 6. The van der Waals surface area contributed by atoms with Crippen LogP contribution < -0.4 is 0 Å². The van der Waals surface area contributed by atoms with E-state index in [9.17, 15) is 18.7 Å². The van der Waals surface area contributed by atoms with Gasteiger partial charge in [0.05, 0.1) is 18.8 Å². The van der Waals surface area contributed by atoms with Gasteiger partial charge in [0.2, 0.25) is 5.91 Å². The minimum Gasteiger partial charge on any atom is -0.385 e. The van der Waals surface area contributed by atoms with Gasteiger partial charge in [0.15, 0.2) is 0 Å². The highest BCUT2D eigenvalue weighted by Gasteiger charge is 2.50. The molecular weight excluding hydrogens is 444 g/mol. The Hall–Kier alpha value is -1.65. The molecule has 1 aromatic heterocycles. The van der Waals surface area contributed by atoms with Gasteiger partial charge in [-0.1, -0.05) is 0 Å². The Labute approximate surface area is 200 Å². The predicted molar refractivity (Wildman–Crippen MR) is 123 cm³/mol. The summed E-state index contributed by atoms with van der Waals surface area (Å²) in [4.78, 5) is 19.9. The first-order valence-electron chi connectivity index (χ1n) is 12.7. The first kappa shape index (κ1) is 25.4. The van der Waals surface area contributed by atoms with Crippen LogP contribution in [0.15, 0.2) is 12.7 Å². The van der Waals surface area contributed by atoms with Gasteiger partial charge in [-0.15, -0.1) is 0 Å². The molecule has 0 radical (unpaired) electrons. The van der Waals surface area contributed by atoms with E-state index in [4.69, 9.17) is 4.74 Å². The zero-order valence-corrected chi connectivity index (χ0v) is 20.4. The lowest BCUT2D eigenvalue weighted by Crippen LogP contribution is -2.57. The minimum absolute atomic E-state index is 0.0115. The Kier molecular flexibility index (Phi) is 8.20. The summed E-state index contributed by atoms with van der Waals surface area (Å²) in [5, 5.41) is 15.9.